The van der Waals surface area contributed by atoms with Crippen molar-refractivity contribution in [2.75, 3.05) is 5.73 Å². The van der Waals surface area contributed by atoms with Crippen LogP contribution >= 0.6 is 0 Å². The van der Waals surface area contributed by atoms with Crippen molar-refractivity contribution in [2.24, 2.45) is 5.92 Å². The molecule has 2 N–H and O–H groups in total. The molecule has 1 saturated carbocycles. The van der Waals surface area contributed by atoms with Crippen molar-refractivity contribution in [1.82, 2.24) is 14.4 Å². The lowest BCUT2D eigenvalue weighted by molar-refractivity contribution is 0.339. The number of rotatable bonds is 1. The maximum absolute atomic E-state index is 5.95. The molecule has 2 heterocycles. The number of nitrogens with zero attached hydrogens (tertiary/aromatic N) is 3. The summed E-state index contributed by atoms with van der Waals surface area (Å²) in [5.41, 5.74) is 7.92. The van der Waals surface area contributed by atoms with Crippen LogP contribution in [0.15, 0.2) is 12.4 Å². The second kappa shape index (κ2) is 4.26. The van der Waals surface area contributed by atoms with E-state index in [9.17, 15) is 0 Å². The van der Waals surface area contributed by atoms with Crippen LogP contribution in [0.4, 0.5) is 5.82 Å². The number of aromatic nitrogens is 3. The van der Waals surface area contributed by atoms with E-state index in [-0.39, 0.29) is 0 Å². The van der Waals surface area contributed by atoms with E-state index >= 15 is 0 Å². The molecule has 4 heteroatoms. The highest BCUT2D eigenvalue weighted by Gasteiger charge is 2.24. The van der Waals surface area contributed by atoms with Gasteiger partial charge in [0.1, 0.15) is 17.2 Å². The summed E-state index contributed by atoms with van der Waals surface area (Å²) in [7, 11) is 0. The van der Waals surface area contributed by atoms with Gasteiger partial charge in [0, 0.05) is 18.3 Å². The van der Waals surface area contributed by atoms with Gasteiger partial charge in [0.25, 0.3) is 0 Å². The van der Waals surface area contributed by atoms with Crippen LogP contribution in [0.5, 0.6) is 0 Å². The molecule has 0 amide bonds. The van der Waals surface area contributed by atoms with Gasteiger partial charge >= 0.3 is 0 Å². The Balaban J connectivity index is 2.05. The van der Waals surface area contributed by atoms with Crippen molar-refractivity contribution in [3.05, 3.63) is 23.9 Å². The van der Waals surface area contributed by atoms with Crippen molar-refractivity contribution >= 4 is 11.3 Å². The number of anilines is 1. The smallest absolute Gasteiger partial charge is 0.149 e. The Kier molecular flexibility index (Phi) is 2.73. The number of fused-ring (bicyclic) bond motifs is 1. The van der Waals surface area contributed by atoms with E-state index in [1.807, 2.05) is 13.1 Å². The molecule has 4 nitrogen and oxygen atoms in total. The van der Waals surface area contributed by atoms with E-state index in [0.717, 1.165) is 17.1 Å². The number of aryl methyl sites for hydroxylation is 1. The largest absolute Gasteiger partial charge is 0.382 e. The summed E-state index contributed by atoms with van der Waals surface area (Å²) in [5.74, 6) is 3.19. The zero-order valence-electron chi connectivity index (χ0n) is 11.1. The third-order valence-electron chi connectivity index (χ3n) is 4.17. The van der Waals surface area contributed by atoms with Crippen molar-refractivity contribution in [2.45, 2.75) is 45.4 Å². The third kappa shape index (κ3) is 1.76. The van der Waals surface area contributed by atoms with Gasteiger partial charge in [-0.25, -0.2) is 9.97 Å². The zero-order chi connectivity index (χ0) is 12.7. The summed E-state index contributed by atoms with van der Waals surface area (Å²) in [6.45, 7) is 4.36. The number of hydrogen-bond acceptors (Lipinski definition) is 3. The Bertz CT molecular complexity index is 564. The molecule has 0 bridgehead atoms. The summed E-state index contributed by atoms with van der Waals surface area (Å²) in [5, 5.41) is 0. The van der Waals surface area contributed by atoms with Gasteiger partial charge in [-0.05, 0) is 25.7 Å². The van der Waals surface area contributed by atoms with Gasteiger partial charge in [-0.1, -0.05) is 19.8 Å². The quantitative estimate of drug-likeness (QED) is 0.839. The standard InChI is InChI=1S/C14H20N4/c1-9-3-5-11(6-4-9)14-17-10(2)12-13(15)16-7-8-18(12)14/h7-9,11H,3-6H2,1-2H3,(H2,15,16). The van der Waals surface area contributed by atoms with Crippen LogP contribution in [0, 0.1) is 12.8 Å². The second-order valence-electron chi connectivity index (χ2n) is 5.54. The Morgan fingerprint density at radius 1 is 1.28 bits per heavy atom. The SMILES string of the molecule is Cc1nc(C2CCC(C)CC2)n2ccnc(N)c12. The predicted octanol–water partition coefficient (Wildman–Crippen LogP) is 2.91. The van der Waals surface area contributed by atoms with Gasteiger partial charge in [-0.3, -0.25) is 4.40 Å². The summed E-state index contributed by atoms with van der Waals surface area (Å²) < 4.78 is 2.14. The van der Waals surface area contributed by atoms with Crippen LogP contribution < -0.4 is 5.73 Å². The fourth-order valence-corrected chi connectivity index (χ4v) is 3.07. The van der Waals surface area contributed by atoms with Crippen molar-refractivity contribution in [3.8, 4) is 0 Å². The molecule has 0 saturated heterocycles. The Morgan fingerprint density at radius 3 is 2.72 bits per heavy atom. The summed E-state index contributed by atoms with van der Waals surface area (Å²) in [6, 6.07) is 0. The highest BCUT2D eigenvalue weighted by atomic mass is 15.1. The van der Waals surface area contributed by atoms with Crippen molar-refractivity contribution in [3.63, 3.8) is 0 Å². The van der Waals surface area contributed by atoms with Crippen LogP contribution in [-0.2, 0) is 0 Å². The molecule has 1 aliphatic carbocycles. The Labute approximate surface area is 107 Å². The van der Waals surface area contributed by atoms with Crippen LogP contribution in [0.25, 0.3) is 5.52 Å². The van der Waals surface area contributed by atoms with Crippen molar-refractivity contribution < 1.29 is 0 Å². The summed E-state index contributed by atoms with van der Waals surface area (Å²) >= 11 is 0. The van der Waals surface area contributed by atoms with Crippen LogP contribution in [-0.4, -0.2) is 14.4 Å². The minimum Gasteiger partial charge on any atom is -0.382 e. The van der Waals surface area contributed by atoms with Crippen molar-refractivity contribution in [1.29, 1.82) is 0 Å². The molecular weight excluding hydrogens is 224 g/mol. The number of imidazole rings is 1. The molecule has 0 aromatic carbocycles. The maximum atomic E-state index is 5.95. The fourth-order valence-electron chi connectivity index (χ4n) is 3.07. The lowest BCUT2D eigenvalue weighted by Gasteiger charge is -2.25. The van der Waals surface area contributed by atoms with Gasteiger partial charge in [0.05, 0.1) is 5.69 Å². The molecule has 1 fully saturated rings. The molecule has 0 spiro atoms. The average molecular weight is 244 g/mol. The Hall–Kier alpha value is -1.58. The minimum absolute atomic E-state index is 0.573. The van der Waals surface area contributed by atoms with E-state index in [1.165, 1.54) is 31.5 Å². The highest BCUT2D eigenvalue weighted by molar-refractivity contribution is 5.68. The highest BCUT2D eigenvalue weighted by Crippen LogP contribution is 2.36. The lowest BCUT2D eigenvalue weighted by atomic mass is 9.82. The van der Waals surface area contributed by atoms with E-state index in [2.05, 4.69) is 16.3 Å². The second-order valence-corrected chi connectivity index (χ2v) is 5.54. The topological polar surface area (TPSA) is 56.2 Å². The first-order chi connectivity index (χ1) is 8.66. The lowest BCUT2D eigenvalue weighted by Crippen LogP contribution is -2.13. The molecule has 0 unspecified atom stereocenters. The van der Waals surface area contributed by atoms with E-state index in [4.69, 9.17) is 10.7 Å². The minimum atomic E-state index is 0.573. The molecule has 2 aromatic heterocycles. The van der Waals surface area contributed by atoms with E-state index in [1.54, 1.807) is 6.20 Å². The normalized spacial score (nSPS) is 24.6. The first-order valence-corrected chi connectivity index (χ1v) is 6.76. The van der Waals surface area contributed by atoms with Gasteiger partial charge in [0.2, 0.25) is 0 Å². The van der Waals surface area contributed by atoms with Gasteiger partial charge in [-0.15, -0.1) is 0 Å². The molecular formula is C14H20N4. The van der Waals surface area contributed by atoms with E-state index < -0.39 is 0 Å². The van der Waals surface area contributed by atoms with E-state index in [0.29, 0.717) is 11.7 Å². The van der Waals surface area contributed by atoms with Gasteiger partial charge in [0.15, 0.2) is 0 Å². The molecule has 0 atom stereocenters. The molecule has 18 heavy (non-hydrogen) atoms. The van der Waals surface area contributed by atoms with Gasteiger partial charge < -0.3 is 5.73 Å². The molecule has 0 radical (unpaired) electrons. The summed E-state index contributed by atoms with van der Waals surface area (Å²) in [4.78, 5) is 8.90. The number of nitrogens with two attached hydrogens (primary N) is 1. The molecule has 2 aromatic rings. The number of nitrogen functional groups attached to an aromatic ring is 1. The predicted molar refractivity (Wildman–Crippen MR) is 72.5 cm³/mol. The molecule has 0 aliphatic heterocycles. The number of hydrogen-bond donors (Lipinski definition) is 1. The summed E-state index contributed by atoms with van der Waals surface area (Å²) in [6.07, 6.45) is 8.83. The van der Waals surface area contributed by atoms with Crippen LogP contribution in [0.3, 0.4) is 0 Å². The van der Waals surface area contributed by atoms with Crippen LogP contribution in [0.1, 0.15) is 50.0 Å². The molecule has 1 aliphatic rings. The average Bonchev–Trinajstić information content (AvgIpc) is 2.69. The van der Waals surface area contributed by atoms with Gasteiger partial charge in [-0.2, -0.15) is 0 Å². The maximum Gasteiger partial charge on any atom is 0.149 e. The molecule has 3 rings (SSSR count). The monoisotopic (exact) mass is 244 g/mol. The zero-order valence-corrected chi connectivity index (χ0v) is 11.1. The Morgan fingerprint density at radius 2 is 2.00 bits per heavy atom. The fraction of sp³-hybridized carbons (Fsp3) is 0.571. The third-order valence-corrected chi connectivity index (χ3v) is 4.17. The van der Waals surface area contributed by atoms with Crippen LogP contribution in [0.2, 0.25) is 0 Å². The first-order valence-electron chi connectivity index (χ1n) is 6.76. The molecule has 96 valence electrons. The first kappa shape index (κ1) is 11.5.